The van der Waals surface area contributed by atoms with Crippen LogP contribution in [0.4, 0.5) is 0 Å². The zero-order valence-electron chi connectivity index (χ0n) is 5.37. The molecule has 4 heteroatoms. The van der Waals surface area contributed by atoms with Crippen LogP contribution >= 0.6 is 0 Å². The molecule has 0 aromatic carbocycles. The molecule has 0 aliphatic heterocycles. The van der Waals surface area contributed by atoms with Gasteiger partial charge in [-0.2, -0.15) is 0 Å². The Balaban J connectivity index is 2.33. The van der Waals surface area contributed by atoms with E-state index in [1.54, 1.807) is 0 Å². The van der Waals surface area contributed by atoms with Crippen molar-refractivity contribution in [2.45, 2.75) is 25.3 Å². The molecule has 0 amide bonds. The molecule has 0 unspecified atom stereocenters. The highest BCUT2D eigenvalue weighted by Crippen LogP contribution is 2.19. The second-order valence-electron chi connectivity index (χ2n) is 2.42. The summed E-state index contributed by atoms with van der Waals surface area (Å²) >= 11 is 0. The van der Waals surface area contributed by atoms with Crippen LogP contribution in [0, 0.1) is 0 Å². The van der Waals surface area contributed by atoms with Crippen LogP contribution in [0.5, 0.6) is 0 Å². The molecule has 0 heterocycles. The number of nitrogens with zero attached hydrogens (tertiary/aromatic N) is 1. The van der Waals surface area contributed by atoms with Crippen molar-refractivity contribution in [2.24, 2.45) is 0 Å². The number of hydrogen-bond acceptors (Lipinski definition) is 2. The van der Waals surface area contributed by atoms with Crippen LogP contribution in [0.2, 0.25) is 0 Å². The highest BCUT2D eigenvalue weighted by molar-refractivity contribution is 7.88. The third-order valence-corrected chi connectivity index (χ3v) is 2.10. The second kappa shape index (κ2) is 2.27. The molecule has 0 spiro atoms. The first-order valence-electron chi connectivity index (χ1n) is 3.00. The largest absolute Gasteiger partial charge is 0.225 e. The van der Waals surface area contributed by atoms with E-state index in [1.807, 2.05) is 0 Å². The highest BCUT2D eigenvalue weighted by atomic mass is 32.2. The van der Waals surface area contributed by atoms with Crippen LogP contribution in [0.25, 0.3) is 0 Å². The summed E-state index contributed by atoms with van der Waals surface area (Å²) in [5.41, 5.74) is 0. The fourth-order valence-electron chi connectivity index (χ4n) is 0.763. The van der Waals surface area contributed by atoms with Gasteiger partial charge in [0.15, 0.2) is 0 Å². The predicted octanol–water partition coefficient (Wildman–Crippen LogP) is 0.103. The maximum absolute atomic E-state index is 10.5. The van der Waals surface area contributed by atoms with Gasteiger partial charge in [0, 0.05) is 6.04 Å². The molecule has 3 nitrogen and oxygen atoms in total. The zero-order valence-corrected chi connectivity index (χ0v) is 6.19. The highest BCUT2D eigenvalue weighted by Gasteiger charge is 2.22. The summed E-state index contributed by atoms with van der Waals surface area (Å²) in [7, 11) is -3.06. The molecule has 0 aromatic heterocycles. The topological polar surface area (TPSA) is 48.2 Å². The minimum atomic E-state index is -3.06. The molecular formula is C5H10NO2S. The smallest absolute Gasteiger partial charge is 0.211 e. The van der Waals surface area contributed by atoms with E-state index in [-0.39, 0.29) is 6.04 Å². The normalized spacial score (nSPS) is 21.4. The molecule has 1 fully saturated rings. The van der Waals surface area contributed by atoms with Crippen molar-refractivity contribution >= 4 is 10.0 Å². The summed E-state index contributed by atoms with van der Waals surface area (Å²) in [5, 5.41) is 0. The molecule has 1 aliphatic rings. The van der Waals surface area contributed by atoms with Crippen LogP contribution in [0.15, 0.2) is 0 Å². The summed E-state index contributed by atoms with van der Waals surface area (Å²) in [4.78, 5) is 0. The van der Waals surface area contributed by atoms with Crippen molar-refractivity contribution in [3.63, 3.8) is 0 Å². The van der Waals surface area contributed by atoms with Gasteiger partial charge in [-0.25, -0.2) is 8.42 Å². The van der Waals surface area contributed by atoms with E-state index < -0.39 is 10.0 Å². The minimum absolute atomic E-state index is 0.111. The summed E-state index contributed by atoms with van der Waals surface area (Å²) in [6, 6.07) is 0.111. The molecular weight excluding hydrogens is 138 g/mol. The van der Waals surface area contributed by atoms with Crippen molar-refractivity contribution in [1.82, 2.24) is 4.72 Å². The van der Waals surface area contributed by atoms with E-state index >= 15 is 0 Å². The molecule has 53 valence electrons. The third-order valence-electron chi connectivity index (χ3n) is 1.42. The van der Waals surface area contributed by atoms with E-state index in [9.17, 15) is 8.42 Å². The van der Waals surface area contributed by atoms with E-state index in [0.717, 1.165) is 25.5 Å². The van der Waals surface area contributed by atoms with Crippen LogP contribution in [-0.2, 0) is 10.0 Å². The van der Waals surface area contributed by atoms with Gasteiger partial charge in [0.1, 0.15) is 0 Å². The van der Waals surface area contributed by atoms with Gasteiger partial charge in [-0.05, 0) is 12.8 Å². The maximum atomic E-state index is 10.5. The number of sulfonamides is 1. The fraction of sp³-hybridized carbons (Fsp3) is 1.00. The lowest BCUT2D eigenvalue weighted by Gasteiger charge is -2.22. The monoisotopic (exact) mass is 148 g/mol. The molecule has 0 bridgehead atoms. The van der Waals surface area contributed by atoms with Gasteiger partial charge in [0.2, 0.25) is 10.0 Å². The first-order chi connectivity index (χ1) is 4.08. The van der Waals surface area contributed by atoms with Crippen LogP contribution < -0.4 is 4.72 Å². The molecule has 1 saturated carbocycles. The Morgan fingerprint density at radius 2 is 2.00 bits per heavy atom. The Labute approximate surface area is 55.5 Å². The van der Waals surface area contributed by atoms with Gasteiger partial charge in [-0.15, -0.1) is 4.72 Å². The van der Waals surface area contributed by atoms with Gasteiger partial charge in [0.05, 0.1) is 6.26 Å². The van der Waals surface area contributed by atoms with Crippen molar-refractivity contribution in [2.75, 3.05) is 6.26 Å². The molecule has 9 heavy (non-hydrogen) atoms. The predicted molar refractivity (Wildman–Crippen MR) is 34.6 cm³/mol. The van der Waals surface area contributed by atoms with Crippen LogP contribution in [0.3, 0.4) is 0 Å². The average Bonchev–Trinajstić information content (AvgIpc) is 1.53. The maximum Gasteiger partial charge on any atom is 0.225 e. The summed E-state index contributed by atoms with van der Waals surface area (Å²) in [6.07, 6.45) is 4.18. The van der Waals surface area contributed by atoms with Gasteiger partial charge in [-0.1, -0.05) is 6.42 Å². The quantitative estimate of drug-likeness (QED) is 0.557. The van der Waals surface area contributed by atoms with E-state index in [1.165, 1.54) is 0 Å². The lowest BCUT2D eigenvalue weighted by atomic mass is 9.94. The Kier molecular flexibility index (Phi) is 1.77. The summed E-state index contributed by atoms with van der Waals surface area (Å²) in [5.74, 6) is 0. The first kappa shape index (κ1) is 7.02. The molecule has 0 saturated heterocycles. The van der Waals surface area contributed by atoms with Gasteiger partial charge >= 0.3 is 0 Å². The average molecular weight is 148 g/mol. The standard InChI is InChI=1S/C5H10NO2S/c1-9(7,8)6-5-3-2-4-5/h5H,2-4H2,1H3. The van der Waals surface area contributed by atoms with Gasteiger partial charge in [-0.3, -0.25) is 0 Å². The number of rotatable bonds is 2. The van der Waals surface area contributed by atoms with Crippen molar-refractivity contribution in [3.05, 3.63) is 0 Å². The SMILES string of the molecule is CS(=O)(=O)[N]C1CCC1. The molecule has 1 rings (SSSR count). The van der Waals surface area contributed by atoms with Gasteiger partial charge in [0.25, 0.3) is 0 Å². The molecule has 1 aliphatic carbocycles. The van der Waals surface area contributed by atoms with E-state index in [2.05, 4.69) is 4.72 Å². The van der Waals surface area contributed by atoms with Crippen LogP contribution in [0.1, 0.15) is 19.3 Å². The molecule has 0 N–H and O–H groups in total. The Morgan fingerprint density at radius 1 is 1.44 bits per heavy atom. The molecule has 0 aromatic rings. The van der Waals surface area contributed by atoms with Crippen molar-refractivity contribution in [1.29, 1.82) is 0 Å². The molecule has 1 radical (unpaired) electrons. The van der Waals surface area contributed by atoms with Crippen LogP contribution in [-0.4, -0.2) is 20.7 Å². The number of hydrogen-bond donors (Lipinski definition) is 0. The van der Waals surface area contributed by atoms with E-state index in [4.69, 9.17) is 0 Å². The van der Waals surface area contributed by atoms with E-state index in [0.29, 0.717) is 0 Å². The zero-order chi connectivity index (χ0) is 6.91. The lowest BCUT2D eigenvalue weighted by molar-refractivity contribution is 0.380. The summed E-state index contributed by atoms with van der Waals surface area (Å²) in [6.45, 7) is 0. The Hall–Kier alpha value is -0.0900. The van der Waals surface area contributed by atoms with Crippen molar-refractivity contribution in [3.8, 4) is 0 Å². The fourth-order valence-corrected chi connectivity index (χ4v) is 1.52. The first-order valence-corrected chi connectivity index (χ1v) is 4.85. The minimum Gasteiger partial charge on any atom is -0.211 e. The second-order valence-corrected chi connectivity index (χ2v) is 4.10. The van der Waals surface area contributed by atoms with Crippen molar-refractivity contribution < 1.29 is 8.42 Å². The Bertz CT molecular complexity index is 181. The van der Waals surface area contributed by atoms with Gasteiger partial charge < -0.3 is 0 Å². The lowest BCUT2D eigenvalue weighted by Crippen LogP contribution is -2.32. The summed E-state index contributed by atoms with van der Waals surface area (Å²) < 4.78 is 24.5. The Morgan fingerprint density at radius 3 is 2.11 bits per heavy atom. The molecule has 0 atom stereocenters. The third kappa shape index (κ3) is 2.32.